The fourth-order valence-corrected chi connectivity index (χ4v) is 1.55. The van der Waals surface area contributed by atoms with Crippen molar-refractivity contribution in [3.63, 3.8) is 0 Å². The molecule has 0 aromatic carbocycles. The summed E-state index contributed by atoms with van der Waals surface area (Å²) in [4.78, 5) is 13.7. The van der Waals surface area contributed by atoms with Crippen LogP contribution in [0.4, 0.5) is 0 Å². The third-order valence-corrected chi connectivity index (χ3v) is 2.42. The molecule has 0 aliphatic carbocycles. The molecule has 1 aliphatic rings. The molecule has 0 atom stereocenters. The van der Waals surface area contributed by atoms with E-state index in [1.165, 1.54) is 6.26 Å². The summed E-state index contributed by atoms with van der Waals surface area (Å²) in [5.41, 5.74) is 0. The Morgan fingerprint density at radius 2 is 2.33 bits per heavy atom. The molecule has 0 spiro atoms. The van der Waals surface area contributed by atoms with Crippen molar-refractivity contribution in [2.24, 2.45) is 0 Å². The number of carbonyl (C=O) groups excluding carboxylic acids is 1. The molecule has 0 unspecified atom stereocenters. The van der Waals surface area contributed by atoms with Gasteiger partial charge < -0.3 is 15.1 Å². The molecular formula is C10H15N3O2. The van der Waals surface area contributed by atoms with Crippen LogP contribution in [0.2, 0.25) is 0 Å². The van der Waals surface area contributed by atoms with Gasteiger partial charge in [0.1, 0.15) is 0 Å². The van der Waals surface area contributed by atoms with E-state index in [0.717, 1.165) is 26.2 Å². The van der Waals surface area contributed by atoms with E-state index in [1.807, 2.05) is 0 Å². The molecule has 1 amide bonds. The minimum Gasteiger partial charge on any atom is -0.459 e. The van der Waals surface area contributed by atoms with Gasteiger partial charge in [-0.1, -0.05) is 0 Å². The van der Waals surface area contributed by atoms with Gasteiger partial charge in [0.05, 0.1) is 12.9 Å². The molecule has 1 fully saturated rings. The van der Waals surface area contributed by atoms with E-state index in [-0.39, 0.29) is 5.91 Å². The van der Waals surface area contributed by atoms with Crippen molar-refractivity contribution in [3.8, 4) is 0 Å². The molecule has 1 aliphatic heterocycles. The predicted octanol–water partition coefficient (Wildman–Crippen LogP) is -0.128. The SMILES string of the molecule is O=C(NCN1CCNCC1)c1ccco1. The Bertz CT molecular complexity index is 304. The Hall–Kier alpha value is -1.33. The Morgan fingerprint density at radius 3 is 3.00 bits per heavy atom. The van der Waals surface area contributed by atoms with E-state index in [0.29, 0.717) is 12.4 Å². The summed E-state index contributed by atoms with van der Waals surface area (Å²) in [5, 5.41) is 6.08. The molecule has 0 bridgehead atoms. The zero-order valence-electron chi connectivity index (χ0n) is 8.53. The minimum absolute atomic E-state index is 0.154. The van der Waals surface area contributed by atoms with Crippen LogP contribution in [0, 0.1) is 0 Å². The Balaban J connectivity index is 1.75. The van der Waals surface area contributed by atoms with Crippen molar-refractivity contribution in [3.05, 3.63) is 24.2 Å². The van der Waals surface area contributed by atoms with Crippen LogP contribution in [0.25, 0.3) is 0 Å². The average molecular weight is 209 g/mol. The first-order valence-corrected chi connectivity index (χ1v) is 5.11. The van der Waals surface area contributed by atoms with Gasteiger partial charge in [0.2, 0.25) is 0 Å². The lowest BCUT2D eigenvalue weighted by molar-refractivity contribution is 0.0889. The molecule has 2 N–H and O–H groups in total. The van der Waals surface area contributed by atoms with E-state index >= 15 is 0 Å². The van der Waals surface area contributed by atoms with Crippen LogP contribution in [0.15, 0.2) is 22.8 Å². The highest BCUT2D eigenvalue weighted by molar-refractivity contribution is 5.91. The first-order valence-electron chi connectivity index (χ1n) is 5.11. The normalized spacial score (nSPS) is 17.6. The second kappa shape index (κ2) is 4.95. The highest BCUT2D eigenvalue weighted by Crippen LogP contribution is 1.99. The Morgan fingerprint density at radius 1 is 1.53 bits per heavy atom. The van der Waals surface area contributed by atoms with Crippen LogP contribution < -0.4 is 10.6 Å². The maximum atomic E-state index is 11.5. The lowest BCUT2D eigenvalue weighted by atomic mass is 10.4. The Kier molecular flexibility index (Phi) is 3.37. The summed E-state index contributed by atoms with van der Waals surface area (Å²) < 4.78 is 4.99. The summed E-state index contributed by atoms with van der Waals surface area (Å²) in [6, 6.07) is 3.37. The van der Waals surface area contributed by atoms with Gasteiger partial charge >= 0.3 is 0 Å². The molecule has 15 heavy (non-hydrogen) atoms. The number of furan rings is 1. The molecule has 1 aromatic heterocycles. The van der Waals surface area contributed by atoms with E-state index < -0.39 is 0 Å². The molecule has 0 radical (unpaired) electrons. The van der Waals surface area contributed by atoms with E-state index in [4.69, 9.17) is 4.42 Å². The molecule has 2 rings (SSSR count). The monoisotopic (exact) mass is 209 g/mol. The summed E-state index contributed by atoms with van der Waals surface area (Å²) in [6.07, 6.45) is 1.50. The first-order chi connectivity index (χ1) is 7.36. The first kappa shape index (κ1) is 10.2. The number of hydrogen-bond donors (Lipinski definition) is 2. The molecular weight excluding hydrogens is 194 g/mol. The average Bonchev–Trinajstić information content (AvgIpc) is 2.81. The van der Waals surface area contributed by atoms with Crippen molar-refractivity contribution in [2.75, 3.05) is 32.8 Å². The van der Waals surface area contributed by atoms with Crippen LogP contribution in [-0.4, -0.2) is 43.7 Å². The van der Waals surface area contributed by atoms with Crippen LogP contribution in [0.3, 0.4) is 0 Å². The van der Waals surface area contributed by atoms with Gasteiger partial charge in [-0.2, -0.15) is 0 Å². The molecule has 1 saturated heterocycles. The fraction of sp³-hybridized carbons (Fsp3) is 0.500. The van der Waals surface area contributed by atoms with Crippen LogP contribution >= 0.6 is 0 Å². The van der Waals surface area contributed by atoms with Crippen molar-refractivity contribution in [1.82, 2.24) is 15.5 Å². The summed E-state index contributed by atoms with van der Waals surface area (Å²) in [6.45, 7) is 4.49. The summed E-state index contributed by atoms with van der Waals surface area (Å²) in [5.74, 6) is 0.212. The lowest BCUT2D eigenvalue weighted by Crippen LogP contribution is -2.48. The number of amides is 1. The smallest absolute Gasteiger partial charge is 0.287 e. The standard InChI is InChI=1S/C10H15N3O2/c14-10(9-2-1-7-15-9)12-8-13-5-3-11-4-6-13/h1-2,7,11H,3-6,8H2,(H,12,14). The van der Waals surface area contributed by atoms with E-state index in [9.17, 15) is 4.79 Å². The Labute approximate surface area is 88.4 Å². The van der Waals surface area contributed by atoms with Gasteiger partial charge in [0.15, 0.2) is 5.76 Å². The predicted molar refractivity (Wildman–Crippen MR) is 55.5 cm³/mol. The number of nitrogens with one attached hydrogen (secondary N) is 2. The maximum absolute atomic E-state index is 11.5. The van der Waals surface area contributed by atoms with Gasteiger partial charge in [-0.15, -0.1) is 0 Å². The summed E-state index contributed by atoms with van der Waals surface area (Å²) in [7, 11) is 0. The third kappa shape index (κ3) is 2.81. The van der Waals surface area contributed by atoms with Crippen LogP contribution in [-0.2, 0) is 0 Å². The molecule has 1 aromatic rings. The van der Waals surface area contributed by atoms with Gasteiger partial charge in [0.25, 0.3) is 5.91 Å². The number of piperazine rings is 1. The van der Waals surface area contributed by atoms with E-state index in [2.05, 4.69) is 15.5 Å². The molecule has 2 heterocycles. The van der Waals surface area contributed by atoms with Crippen molar-refractivity contribution < 1.29 is 9.21 Å². The maximum Gasteiger partial charge on any atom is 0.287 e. The highest BCUT2D eigenvalue weighted by atomic mass is 16.3. The topological polar surface area (TPSA) is 57.5 Å². The summed E-state index contributed by atoms with van der Waals surface area (Å²) >= 11 is 0. The largest absolute Gasteiger partial charge is 0.459 e. The van der Waals surface area contributed by atoms with Crippen molar-refractivity contribution in [1.29, 1.82) is 0 Å². The lowest BCUT2D eigenvalue weighted by Gasteiger charge is -2.26. The molecule has 5 heteroatoms. The second-order valence-electron chi connectivity index (χ2n) is 3.51. The zero-order valence-corrected chi connectivity index (χ0v) is 8.53. The fourth-order valence-electron chi connectivity index (χ4n) is 1.55. The minimum atomic E-state index is -0.154. The quantitative estimate of drug-likeness (QED) is 0.728. The second-order valence-corrected chi connectivity index (χ2v) is 3.51. The highest BCUT2D eigenvalue weighted by Gasteiger charge is 2.12. The van der Waals surface area contributed by atoms with Gasteiger partial charge in [-0.25, -0.2) is 0 Å². The number of hydrogen-bond acceptors (Lipinski definition) is 4. The number of carbonyl (C=O) groups is 1. The number of rotatable bonds is 3. The third-order valence-electron chi connectivity index (χ3n) is 2.42. The van der Waals surface area contributed by atoms with Gasteiger partial charge in [-0.3, -0.25) is 9.69 Å². The van der Waals surface area contributed by atoms with Gasteiger partial charge in [-0.05, 0) is 12.1 Å². The van der Waals surface area contributed by atoms with Crippen molar-refractivity contribution >= 4 is 5.91 Å². The molecule has 0 saturated carbocycles. The van der Waals surface area contributed by atoms with Crippen molar-refractivity contribution in [2.45, 2.75) is 0 Å². The number of nitrogens with zero attached hydrogens (tertiary/aromatic N) is 1. The van der Waals surface area contributed by atoms with Crippen LogP contribution in [0.1, 0.15) is 10.6 Å². The molecule has 5 nitrogen and oxygen atoms in total. The zero-order chi connectivity index (χ0) is 10.5. The van der Waals surface area contributed by atoms with Crippen LogP contribution in [0.5, 0.6) is 0 Å². The van der Waals surface area contributed by atoms with Gasteiger partial charge in [0, 0.05) is 26.2 Å². The van der Waals surface area contributed by atoms with E-state index in [1.54, 1.807) is 12.1 Å². The molecule has 82 valence electrons.